The van der Waals surface area contributed by atoms with Crippen molar-refractivity contribution >= 4 is 22.5 Å². The third kappa shape index (κ3) is 6.92. The van der Waals surface area contributed by atoms with Gasteiger partial charge in [0.2, 0.25) is 11.8 Å². The van der Waals surface area contributed by atoms with E-state index in [9.17, 15) is 0 Å². The van der Waals surface area contributed by atoms with Crippen LogP contribution in [0.1, 0.15) is 25.7 Å². The largest absolute Gasteiger partial charge is 0.489 e. The van der Waals surface area contributed by atoms with Crippen LogP contribution >= 0.6 is 0 Å². The predicted octanol–water partition coefficient (Wildman–Crippen LogP) is 3.29. The summed E-state index contributed by atoms with van der Waals surface area (Å²) >= 11 is 0. The average molecular weight is 548 g/mol. The molecule has 2 aromatic heterocycles. The van der Waals surface area contributed by atoms with Gasteiger partial charge < -0.3 is 29.3 Å². The maximum atomic E-state index is 6.55. The van der Waals surface area contributed by atoms with Crippen molar-refractivity contribution in [2.45, 2.75) is 37.8 Å². The van der Waals surface area contributed by atoms with Crippen LogP contribution < -0.4 is 19.7 Å². The van der Waals surface area contributed by atoms with Gasteiger partial charge in [0, 0.05) is 57.2 Å². The second kappa shape index (κ2) is 13.0. The lowest BCUT2D eigenvalue weighted by Gasteiger charge is -2.32. The molecule has 0 radical (unpaired) electrons. The monoisotopic (exact) mass is 547 g/mol. The number of nitrogens with zero attached hydrogens (tertiary/aromatic N) is 6. The molecule has 1 saturated carbocycles. The van der Waals surface area contributed by atoms with E-state index in [2.05, 4.69) is 67.4 Å². The molecule has 1 aliphatic carbocycles. The van der Waals surface area contributed by atoms with Crippen LogP contribution in [0.15, 0.2) is 42.7 Å². The summed E-state index contributed by atoms with van der Waals surface area (Å²) in [6.07, 6.45) is 7.60. The Balaban J connectivity index is 0.983. The van der Waals surface area contributed by atoms with Crippen molar-refractivity contribution in [1.29, 1.82) is 0 Å². The molecule has 0 bridgehead atoms. The summed E-state index contributed by atoms with van der Waals surface area (Å²) in [5.74, 6) is 3.08. The van der Waals surface area contributed by atoms with Crippen molar-refractivity contribution in [3.8, 4) is 11.6 Å². The number of ether oxygens (including phenoxy) is 3. The molecular weight excluding hydrogens is 506 g/mol. The fourth-order valence-corrected chi connectivity index (χ4v) is 5.69. The fraction of sp³-hybridized carbons (Fsp3) is 0.567. The van der Waals surface area contributed by atoms with Gasteiger partial charge >= 0.3 is 0 Å². The lowest BCUT2D eigenvalue weighted by Crippen LogP contribution is -2.45. The molecule has 214 valence electrons. The van der Waals surface area contributed by atoms with Crippen LogP contribution in [0.4, 0.5) is 11.8 Å². The molecule has 0 amide bonds. The topological polar surface area (TPSA) is 88.1 Å². The molecule has 1 aromatic carbocycles. The molecule has 4 heterocycles. The van der Waals surface area contributed by atoms with Gasteiger partial charge in [-0.2, -0.15) is 4.98 Å². The van der Waals surface area contributed by atoms with Gasteiger partial charge in [-0.25, -0.2) is 9.97 Å². The lowest BCUT2D eigenvalue weighted by atomic mass is 9.93. The molecule has 2 aliphatic heterocycles. The molecular formula is C30H41N7O3. The second-order valence-corrected chi connectivity index (χ2v) is 11.1. The number of morpholine rings is 1. The molecule has 0 unspecified atom stereocenters. The molecule has 3 fully saturated rings. The highest BCUT2D eigenvalue weighted by molar-refractivity contribution is 5.89. The summed E-state index contributed by atoms with van der Waals surface area (Å²) < 4.78 is 18.0. The van der Waals surface area contributed by atoms with Crippen LogP contribution in [0.25, 0.3) is 10.8 Å². The first kappa shape index (κ1) is 27.0. The van der Waals surface area contributed by atoms with Gasteiger partial charge in [-0.15, -0.1) is 0 Å². The van der Waals surface area contributed by atoms with Crippen molar-refractivity contribution in [3.63, 3.8) is 0 Å². The van der Waals surface area contributed by atoms with Gasteiger partial charge in [-0.05, 0) is 50.2 Å². The van der Waals surface area contributed by atoms with E-state index in [4.69, 9.17) is 19.2 Å². The number of pyridine rings is 1. The highest BCUT2D eigenvalue weighted by atomic mass is 16.5. The number of fused-ring (bicyclic) bond motifs is 1. The standard InChI is InChI=1S/C30H41N7O3/c1-35-10-12-36(13-11-35)14-19-39-26-21-31-30(32-22-26)33-24-6-8-25(9-7-24)40-29-27-5-3-2-4-23(27)20-28(34-29)37-15-17-38-18-16-37/h2-5,20-22,24-25H,6-19H2,1H3,(H,31,32,33). The summed E-state index contributed by atoms with van der Waals surface area (Å²) in [4.78, 5) is 21.1. The third-order valence-corrected chi connectivity index (χ3v) is 8.21. The van der Waals surface area contributed by atoms with E-state index in [0.717, 1.165) is 113 Å². The van der Waals surface area contributed by atoms with Gasteiger partial charge in [0.15, 0.2) is 5.75 Å². The number of rotatable bonds is 9. The normalized spacial score (nSPS) is 22.8. The van der Waals surface area contributed by atoms with Crippen molar-refractivity contribution in [2.75, 3.05) is 82.9 Å². The molecule has 10 nitrogen and oxygen atoms in total. The first-order valence-corrected chi connectivity index (χ1v) is 14.7. The van der Waals surface area contributed by atoms with Crippen LogP contribution in [-0.4, -0.2) is 110 Å². The average Bonchev–Trinajstić information content (AvgIpc) is 3.00. The van der Waals surface area contributed by atoms with E-state index in [0.29, 0.717) is 18.6 Å². The molecule has 40 heavy (non-hydrogen) atoms. The van der Waals surface area contributed by atoms with E-state index in [1.807, 2.05) is 0 Å². The van der Waals surface area contributed by atoms with E-state index < -0.39 is 0 Å². The minimum Gasteiger partial charge on any atom is -0.489 e. The number of anilines is 2. The zero-order chi connectivity index (χ0) is 27.1. The van der Waals surface area contributed by atoms with Crippen LogP contribution in [-0.2, 0) is 4.74 Å². The van der Waals surface area contributed by atoms with Gasteiger partial charge in [-0.1, -0.05) is 18.2 Å². The summed E-state index contributed by atoms with van der Waals surface area (Å²) in [7, 11) is 2.17. The van der Waals surface area contributed by atoms with Crippen LogP contribution in [0.5, 0.6) is 11.6 Å². The Morgan fingerprint density at radius 3 is 2.48 bits per heavy atom. The maximum absolute atomic E-state index is 6.55. The number of aromatic nitrogens is 3. The Morgan fingerprint density at radius 2 is 1.70 bits per heavy atom. The van der Waals surface area contributed by atoms with Crippen molar-refractivity contribution in [3.05, 3.63) is 42.7 Å². The zero-order valence-corrected chi connectivity index (χ0v) is 23.5. The summed E-state index contributed by atoms with van der Waals surface area (Å²) in [6, 6.07) is 10.9. The Bertz CT molecular complexity index is 1220. The summed E-state index contributed by atoms with van der Waals surface area (Å²) in [5, 5.41) is 5.73. The minimum absolute atomic E-state index is 0.144. The lowest BCUT2D eigenvalue weighted by molar-refractivity contribution is 0.122. The van der Waals surface area contributed by atoms with Gasteiger partial charge in [0.25, 0.3) is 0 Å². The van der Waals surface area contributed by atoms with Crippen molar-refractivity contribution in [1.82, 2.24) is 24.8 Å². The first-order chi connectivity index (χ1) is 19.7. The smallest absolute Gasteiger partial charge is 0.223 e. The number of benzene rings is 1. The molecule has 1 N–H and O–H groups in total. The van der Waals surface area contributed by atoms with Crippen molar-refractivity contribution < 1.29 is 14.2 Å². The van der Waals surface area contributed by atoms with E-state index in [1.54, 1.807) is 12.4 Å². The highest BCUT2D eigenvalue weighted by Gasteiger charge is 2.25. The summed E-state index contributed by atoms with van der Waals surface area (Å²) in [6.45, 7) is 9.20. The second-order valence-electron chi connectivity index (χ2n) is 11.1. The Labute approximate surface area is 236 Å². The molecule has 3 aliphatic rings. The molecule has 0 spiro atoms. The molecule has 6 rings (SSSR count). The Hall–Kier alpha value is -3.21. The number of piperazine rings is 1. The van der Waals surface area contributed by atoms with Gasteiger partial charge in [-0.3, -0.25) is 4.90 Å². The van der Waals surface area contributed by atoms with E-state index in [-0.39, 0.29) is 6.10 Å². The summed E-state index contributed by atoms with van der Waals surface area (Å²) in [5.41, 5.74) is 0. The van der Waals surface area contributed by atoms with Gasteiger partial charge in [0.1, 0.15) is 18.5 Å². The first-order valence-electron chi connectivity index (χ1n) is 14.7. The van der Waals surface area contributed by atoms with Gasteiger partial charge in [0.05, 0.1) is 25.6 Å². The van der Waals surface area contributed by atoms with Crippen LogP contribution in [0.3, 0.4) is 0 Å². The number of hydrogen-bond acceptors (Lipinski definition) is 10. The van der Waals surface area contributed by atoms with Crippen LogP contribution in [0.2, 0.25) is 0 Å². The maximum Gasteiger partial charge on any atom is 0.223 e. The van der Waals surface area contributed by atoms with Crippen LogP contribution in [0, 0.1) is 0 Å². The number of likely N-dealkylation sites (N-methyl/N-ethyl adjacent to an activating group) is 1. The molecule has 2 saturated heterocycles. The fourth-order valence-electron chi connectivity index (χ4n) is 5.69. The predicted molar refractivity (Wildman–Crippen MR) is 157 cm³/mol. The highest BCUT2D eigenvalue weighted by Crippen LogP contribution is 2.32. The minimum atomic E-state index is 0.144. The zero-order valence-electron chi connectivity index (χ0n) is 23.5. The number of hydrogen-bond donors (Lipinski definition) is 1. The van der Waals surface area contributed by atoms with E-state index >= 15 is 0 Å². The molecule has 10 heteroatoms. The Morgan fingerprint density at radius 1 is 0.950 bits per heavy atom. The van der Waals surface area contributed by atoms with E-state index in [1.165, 1.54) is 0 Å². The SMILES string of the molecule is CN1CCN(CCOc2cnc(NC3CCC(Oc4nc(N5CCOCC5)cc5ccccc45)CC3)nc2)CC1. The quantitative estimate of drug-likeness (QED) is 0.431. The third-order valence-electron chi connectivity index (χ3n) is 8.21. The molecule has 3 aromatic rings. The van der Waals surface area contributed by atoms with Crippen molar-refractivity contribution in [2.24, 2.45) is 0 Å². The number of nitrogens with one attached hydrogen (secondary N) is 1. The Kier molecular flexibility index (Phi) is 8.75. The molecule has 0 atom stereocenters.